The van der Waals surface area contributed by atoms with E-state index in [0.717, 1.165) is 34.9 Å². The summed E-state index contributed by atoms with van der Waals surface area (Å²) in [5, 5.41) is 15.2. The number of pyridine rings is 1. The van der Waals surface area contributed by atoms with Gasteiger partial charge in [-0.3, -0.25) is 4.79 Å². The van der Waals surface area contributed by atoms with Crippen LogP contribution in [-0.2, 0) is 9.53 Å². The highest BCUT2D eigenvalue weighted by Crippen LogP contribution is 2.38. The van der Waals surface area contributed by atoms with E-state index < -0.39 is 6.09 Å². The number of hydrogen-bond donors (Lipinski definition) is 4. The molecule has 0 bridgehead atoms. The molecule has 140 valence electrons. The second-order valence-corrected chi connectivity index (χ2v) is 6.95. The number of nitrogens with one attached hydrogen (secondary N) is 3. The number of H-pyrrole nitrogens is 1. The summed E-state index contributed by atoms with van der Waals surface area (Å²) in [4.78, 5) is 32.4. The molecule has 1 atom stereocenters. The number of fused-ring (bicyclic) bond motifs is 1. The molecule has 2 aromatic heterocycles. The zero-order valence-electron chi connectivity index (χ0n) is 14.2. The van der Waals surface area contributed by atoms with Gasteiger partial charge in [0.25, 0.3) is 0 Å². The van der Waals surface area contributed by atoms with E-state index in [1.54, 1.807) is 12.4 Å². The van der Waals surface area contributed by atoms with Gasteiger partial charge in [-0.05, 0) is 28.8 Å². The molecule has 0 spiro atoms. The van der Waals surface area contributed by atoms with Crippen LogP contribution in [-0.4, -0.2) is 59.9 Å². The number of aromatic amines is 1. The summed E-state index contributed by atoms with van der Waals surface area (Å²) in [6, 6.07) is -0.151. The number of carboxylic acid groups (broad SMARTS) is 1. The molecule has 2 amide bonds. The Balaban J connectivity index is 1.96. The fourth-order valence-electron chi connectivity index (χ4n) is 3.25. The highest BCUT2D eigenvalue weighted by molar-refractivity contribution is 9.10. The molecular weight excluding hydrogens is 406 g/mol. The van der Waals surface area contributed by atoms with Gasteiger partial charge < -0.3 is 30.4 Å². The fourth-order valence-corrected chi connectivity index (χ4v) is 3.80. The van der Waals surface area contributed by atoms with Gasteiger partial charge in [0.2, 0.25) is 5.91 Å². The molecule has 0 radical (unpaired) electrons. The first-order valence-electron chi connectivity index (χ1n) is 8.18. The van der Waals surface area contributed by atoms with Crippen LogP contribution in [0.25, 0.3) is 11.0 Å². The fraction of sp³-hybridized carbons (Fsp3) is 0.438. The Hall–Kier alpha value is -2.33. The second kappa shape index (κ2) is 7.92. The third-order valence-corrected chi connectivity index (χ3v) is 4.82. The van der Waals surface area contributed by atoms with E-state index in [2.05, 4.69) is 41.4 Å². The van der Waals surface area contributed by atoms with Crippen molar-refractivity contribution in [3.8, 4) is 0 Å². The zero-order chi connectivity index (χ0) is 18.7. The number of ether oxygens (including phenoxy) is 1. The Labute approximate surface area is 158 Å². The Kier molecular flexibility index (Phi) is 5.62. The molecule has 4 N–H and O–H groups in total. The van der Waals surface area contributed by atoms with Crippen LogP contribution in [0, 0.1) is 0 Å². The zero-order valence-corrected chi connectivity index (χ0v) is 15.8. The smallest absolute Gasteiger partial charge is 0.404 e. The van der Waals surface area contributed by atoms with Crippen molar-refractivity contribution < 1.29 is 19.4 Å². The van der Waals surface area contributed by atoms with Gasteiger partial charge in [-0.15, -0.1) is 0 Å². The highest BCUT2D eigenvalue weighted by Gasteiger charge is 2.26. The minimum Gasteiger partial charge on any atom is -0.465 e. The van der Waals surface area contributed by atoms with Crippen LogP contribution >= 0.6 is 15.9 Å². The maximum atomic E-state index is 11.9. The summed E-state index contributed by atoms with van der Waals surface area (Å²) in [7, 11) is 1.46. The highest BCUT2D eigenvalue weighted by atomic mass is 79.9. The van der Waals surface area contributed by atoms with Crippen molar-refractivity contribution >= 4 is 50.3 Å². The summed E-state index contributed by atoms with van der Waals surface area (Å²) in [5.41, 5.74) is 2.13. The molecule has 1 saturated heterocycles. The molecule has 9 nitrogen and oxygen atoms in total. The average Bonchev–Trinajstić information content (AvgIpc) is 2.97. The van der Waals surface area contributed by atoms with Crippen molar-refractivity contribution in [3.63, 3.8) is 0 Å². The summed E-state index contributed by atoms with van der Waals surface area (Å²) < 4.78 is 5.64. The molecule has 1 aliphatic rings. The van der Waals surface area contributed by atoms with Crippen LogP contribution in [0.2, 0.25) is 0 Å². The second-order valence-electron chi connectivity index (χ2n) is 6.10. The lowest BCUT2D eigenvalue weighted by molar-refractivity contribution is -0.119. The van der Waals surface area contributed by atoms with Gasteiger partial charge in [0.15, 0.2) is 0 Å². The lowest BCUT2D eigenvalue weighted by Crippen LogP contribution is -2.47. The van der Waals surface area contributed by atoms with Gasteiger partial charge in [0.05, 0.1) is 21.2 Å². The summed E-state index contributed by atoms with van der Waals surface area (Å²) >= 11 is 3.55. The lowest BCUT2D eigenvalue weighted by Gasteiger charge is -2.35. The van der Waals surface area contributed by atoms with Crippen LogP contribution < -0.4 is 15.5 Å². The number of piperidine rings is 1. The Morgan fingerprint density at radius 2 is 2.35 bits per heavy atom. The van der Waals surface area contributed by atoms with Crippen LogP contribution in [0.3, 0.4) is 0 Å². The molecule has 1 aliphatic heterocycles. The number of rotatable bonds is 5. The number of carbonyl (C=O) groups is 2. The van der Waals surface area contributed by atoms with Crippen molar-refractivity contribution in [1.29, 1.82) is 0 Å². The van der Waals surface area contributed by atoms with E-state index in [1.165, 1.54) is 7.11 Å². The minimum absolute atomic E-state index is 0.0439. The summed E-state index contributed by atoms with van der Waals surface area (Å²) in [6.45, 7) is 1.28. The van der Waals surface area contributed by atoms with E-state index >= 15 is 0 Å². The molecule has 1 fully saturated rings. The molecular formula is C16H20BrN5O4. The van der Waals surface area contributed by atoms with Gasteiger partial charge in [-0.2, -0.15) is 0 Å². The van der Waals surface area contributed by atoms with Gasteiger partial charge in [0, 0.05) is 38.6 Å². The Bertz CT molecular complexity index is 824. The van der Waals surface area contributed by atoms with Gasteiger partial charge in [-0.1, -0.05) is 0 Å². The lowest BCUT2D eigenvalue weighted by atomic mass is 10.0. The number of methoxy groups -OCH3 is 1. The normalized spacial score (nSPS) is 17.3. The standard InChI is InChI=1S/C16H20BrN5O4/c1-26-8-12(23)21-11-6-19-15-13(11)14(10(17)5-18-15)22-4-2-3-9(7-22)20-16(24)25/h5-6,9,20H,2-4,7-8H2,1H3,(H,18,19)(H,21,23)(H,24,25)/t9-/m1/s1. The van der Waals surface area contributed by atoms with Gasteiger partial charge >= 0.3 is 6.09 Å². The van der Waals surface area contributed by atoms with Crippen LogP contribution in [0.5, 0.6) is 0 Å². The average molecular weight is 426 g/mol. The number of nitrogens with zero attached hydrogens (tertiary/aromatic N) is 2. The third-order valence-electron chi connectivity index (χ3n) is 4.24. The van der Waals surface area contributed by atoms with Crippen LogP contribution in [0.4, 0.5) is 16.2 Å². The third kappa shape index (κ3) is 3.91. The number of anilines is 2. The molecule has 0 unspecified atom stereocenters. The summed E-state index contributed by atoms with van der Waals surface area (Å²) in [5.74, 6) is -0.261. The maximum Gasteiger partial charge on any atom is 0.404 e. The van der Waals surface area contributed by atoms with Crippen molar-refractivity contribution in [2.45, 2.75) is 18.9 Å². The minimum atomic E-state index is -1.02. The molecule has 0 saturated carbocycles. The molecule has 0 aromatic carbocycles. The molecule has 3 rings (SSSR count). The predicted molar refractivity (Wildman–Crippen MR) is 101 cm³/mol. The quantitative estimate of drug-likeness (QED) is 0.582. The van der Waals surface area contributed by atoms with Gasteiger partial charge in [0.1, 0.15) is 12.3 Å². The monoisotopic (exact) mass is 425 g/mol. The van der Waals surface area contributed by atoms with E-state index in [4.69, 9.17) is 9.84 Å². The SMILES string of the molecule is COCC(=O)Nc1c[nH]c2ncc(Br)c(N3CCC[C@@H](NC(=O)O)C3)c12. The number of aromatic nitrogens is 2. The van der Waals surface area contributed by atoms with Gasteiger partial charge in [-0.25, -0.2) is 9.78 Å². The molecule has 0 aliphatic carbocycles. The topological polar surface area (TPSA) is 120 Å². The van der Waals surface area contributed by atoms with E-state index in [1.807, 2.05) is 0 Å². The van der Waals surface area contributed by atoms with E-state index in [9.17, 15) is 9.59 Å². The van der Waals surface area contributed by atoms with Crippen LogP contribution in [0.1, 0.15) is 12.8 Å². The molecule has 2 aromatic rings. The largest absolute Gasteiger partial charge is 0.465 e. The molecule has 10 heteroatoms. The van der Waals surface area contributed by atoms with E-state index in [-0.39, 0.29) is 18.6 Å². The van der Waals surface area contributed by atoms with Crippen molar-refractivity contribution in [3.05, 3.63) is 16.9 Å². The predicted octanol–water partition coefficient (Wildman–Crippen LogP) is 2.15. The molecule has 26 heavy (non-hydrogen) atoms. The first-order valence-corrected chi connectivity index (χ1v) is 8.97. The van der Waals surface area contributed by atoms with Crippen LogP contribution in [0.15, 0.2) is 16.9 Å². The van der Waals surface area contributed by atoms with Crippen molar-refractivity contribution in [2.75, 3.05) is 37.0 Å². The first-order chi connectivity index (χ1) is 12.5. The summed E-state index contributed by atoms with van der Waals surface area (Å²) in [6.07, 6.45) is 4.02. The molecule has 3 heterocycles. The Morgan fingerprint density at radius 3 is 3.08 bits per heavy atom. The van der Waals surface area contributed by atoms with E-state index in [0.29, 0.717) is 17.9 Å². The maximum absolute atomic E-state index is 11.9. The van der Waals surface area contributed by atoms with Crippen molar-refractivity contribution in [2.24, 2.45) is 0 Å². The first kappa shape index (κ1) is 18.5. The number of carbonyl (C=O) groups excluding carboxylic acids is 1. The Morgan fingerprint density at radius 1 is 1.54 bits per heavy atom. The number of halogens is 1. The van der Waals surface area contributed by atoms with Crippen molar-refractivity contribution in [1.82, 2.24) is 15.3 Å². The number of amides is 2. The number of hydrogen-bond acceptors (Lipinski definition) is 5.